The number of nitrogens with zero attached hydrogens (tertiary/aromatic N) is 2. The van der Waals surface area contributed by atoms with Gasteiger partial charge >= 0.3 is 0 Å². The lowest BCUT2D eigenvalue weighted by molar-refractivity contribution is 0.0950. The zero-order chi connectivity index (χ0) is 17.2. The zero-order valence-corrected chi connectivity index (χ0v) is 13.2. The Balaban J connectivity index is 1.45. The van der Waals surface area contributed by atoms with Crippen LogP contribution in [0.25, 0.3) is 11.5 Å². The average Bonchev–Trinajstić information content (AvgIpc) is 3.34. The minimum absolute atomic E-state index is 0.0693. The summed E-state index contributed by atoms with van der Waals surface area (Å²) < 4.78 is 38.6. The molecule has 4 rings (SSSR count). The van der Waals surface area contributed by atoms with E-state index in [0.717, 1.165) is 12.1 Å². The number of H-pyrrole nitrogens is 1. The molecule has 25 heavy (non-hydrogen) atoms. The number of benzene rings is 1. The second kappa shape index (κ2) is 6.73. The van der Waals surface area contributed by atoms with Gasteiger partial charge < -0.3 is 14.5 Å². The van der Waals surface area contributed by atoms with Gasteiger partial charge in [-0.1, -0.05) is 6.07 Å². The summed E-state index contributed by atoms with van der Waals surface area (Å²) in [5.41, 5.74) is 1.21. The smallest absolute Gasteiger partial charge is 0.232 e. The van der Waals surface area contributed by atoms with Crippen molar-refractivity contribution >= 4 is 0 Å². The molecule has 0 aliphatic carbocycles. The van der Waals surface area contributed by atoms with Crippen molar-refractivity contribution < 1.29 is 17.9 Å². The van der Waals surface area contributed by atoms with Gasteiger partial charge in [0.05, 0.1) is 11.4 Å². The van der Waals surface area contributed by atoms with Crippen LogP contribution in [-0.4, -0.2) is 27.8 Å². The molecule has 1 aromatic carbocycles. The van der Waals surface area contributed by atoms with Crippen LogP contribution in [0.1, 0.15) is 23.9 Å². The number of aromatic amines is 1. The third kappa shape index (κ3) is 3.18. The summed E-state index contributed by atoms with van der Waals surface area (Å²) in [5.74, 6) is -1.48. The number of hydrogen-bond acceptors (Lipinski definition) is 5. The fourth-order valence-electron chi connectivity index (χ4n) is 2.97. The molecule has 1 fully saturated rings. The van der Waals surface area contributed by atoms with Crippen molar-refractivity contribution in [1.82, 2.24) is 20.5 Å². The van der Waals surface area contributed by atoms with Crippen molar-refractivity contribution in [3.05, 3.63) is 59.7 Å². The molecular weight excluding hydrogens is 330 g/mol. The molecule has 130 valence electrons. The van der Waals surface area contributed by atoms with Crippen molar-refractivity contribution in [3.8, 4) is 11.5 Å². The molecule has 0 saturated carbocycles. The van der Waals surface area contributed by atoms with Gasteiger partial charge in [-0.05, 0) is 24.6 Å². The quantitative estimate of drug-likeness (QED) is 0.743. The highest BCUT2D eigenvalue weighted by molar-refractivity contribution is 5.55. The predicted molar refractivity (Wildman–Crippen MR) is 84.4 cm³/mol. The van der Waals surface area contributed by atoms with E-state index in [4.69, 9.17) is 9.15 Å². The summed E-state index contributed by atoms with van der Waals surface area (Å²) in [4.78, 5) is 4.18. The molecule has 1 aliphatic rings. The van der Waals surface area contributed by atoms with E-state index in [-0.39, 0.29) is 23.6 Å². The fourth-order valence-corrected chi connectivity index (χ4v) is 2.97. The first-order chi connectivity index (χ1) is 12.2. The molecule has 0 amide bonds. The third-order valence-electron chi connectivity index (χ3n) is 4.19. The molecule has 0 bridgehead atoms. The Morgan fingerprint density at radius 1 is 1.24 bits per heavy atom. The van der Waals surface area contributed by atoms with Crippen molar-refractivity contribution in [2.45, 2.75) is 25.1 Å². The summed E-state index contributed by atoms with van der Waals surface area (Å²) in [6, 6.07) is 5.61. The first-order valence-electron chi connectivity index (χ1n) is 7.95. The summed E-state index contributed by atoms with van der Waals surface area (Å²) in [6.45, 7) is 1.05. The van der Waals surface area contributed by atoms with Gasteiger partial charge in [0.2, 0.25) is 5.89 Å². The van der Waals surface area contributed by atoms with Gasteiger partial charge in [-0.2, -0.15) is 5.10 Å². The van der Waals surface area contributed by atoms with Crippen LogP contribution in [-0.2, 0) is 11.3 Å². The summed E-state index contributed by atoms with van der Waals surface area (Å²) in [6.07, 6.45) is 3.81. The van der Waals surface area contributed by atoms with E-state index >= 15 is 0 Å². The van der Waals surface area contributed by atoms with Gasteiger partial charge in [-0.25, -0.2) is 13.8 Å². The fraction of sp³-hybridized carbons (Fsp3) is 0.294. The monoisotopic (exact) mass is 346 g/mol. The van der Waals surface area contributed by atoms with E-state index in [2.05, 4.69) is 20.5 Å². The first-order valence-corrected chi connectivity index (χ1v) is 7.95. The summed E-state index contributed by atoms with van der Waals surface area (Å²) >= 11 is 0. The van der Waals surface area contributed by atoms with E-state index in [1.165, 1.54) is 24.5 Å². The summed E-state index contributed by atoms with van der Waals surface area (Å²) in [5, 5.41) is 10.2. The van der Waals surface area contributed by atoms with Crippen LogP contribution in [0.3, 0.4) is 0 Å². The lowest BCUT2D eigenvalue weighted by atomic mass is 10.1. The second-order valence-corrected chi connectivity index (χ2v) is 5.82. The Morgan fingerprint density at radius 3 is 2.84 bits per heavy atom. The van der Waals surface area contributed by atoms with E-state index < -0.39 is 11.6 Å². The molecule has 8 heteroatoms. The van der Waals surface area contributed by atoms with Crippen molar-refractivity contribution in [1.29, 1.82) is 0 Å². The third-order valence-corrected chi connectivity index (χ3v) is 4.19. The molecule has 1 aliphatic heterocycles. The van der Waals surface area contributed by atoms with Crippen LogP contribution in [0, 0.1) is 11.6 Å². The maximum atomic E-state index is 13.8. The van der Waals surface area contributed by atoms with Crippen LogP contribution in [0.4, 0.5) is 8.78 Å². The molecule has 0 unspecified atom stereocenters. The molecule has 2 atom stereocenters. The molecule has 2 aromatic heterocycles. The molecule has 0 radical (unpaired) electrons. The Morgan fingerprint density at radius 2 is 2.08 bits per heavy atom. The number of halogens is 2. The maximum absolute atomic E-state index is 13.8. The largest absolute Gasteiger partial charge is 0.444 e. The Bertz CT molecular complexity index is 830. The molecule has 0 spiro atoms. The second-order valence-electron chi connectivity index (χ2n) is 5.82. The summed E-state index contributed by atoms with van der Waals surface area (Å²) in [7, 11) is 0. The Kier molecular flexibility index (Phi) is 4.29. The number of ether oxygens (including phenoxy) is 1. The normalized spacial score (nSPS) is 20.2. The maximum Gasteiger partial charge on any atom is 0.232 e. The molecule has 3 heterocycles. The Hall–Kier alpha value is -2.58. The van der Waals surface area contributed by atoms with Crippen molar-refractivity contribution in [2.75, 3.05) is 6.61 Å². The number of aromatic nitrogens is 3. The van der Waals surface area contributed by atoms with E-state index in [1.807, 2.05) is 6.07 Å². The Labute approximate surface area is 142 Å². The van der Waals surface area contributed by atoms with Crippen LogP contribution >= 0.6 is 0 Å². The highest BCUT2D eigenvalue weighted by Crippen LogP contribution is 2.28. The average molecular weight is 346 g/mol. The predicted octanol–water partition coefficient (Wildman–Crippen LogP) is 2.96. The number of rotatable bonds is 5. The van der Waals surface area contributed by atoms with Crippen molar-refractivity contribution in [3.63, 3.8) is 0 Å². The van der Waals surface area contributed by atoms with Crippen molar-refractivity contribution in [2.24, 2.45) is 0 Å². The van der Waals surface area contributed by atoms with Gasteiger partial charge in [-0.15, -0.1) is 0 Å². The van der Waals surface area contributed by atoms with Crippen LogP contribution in [0.15, 0.2) is 41.1 Å². The van der Waals surface area contributed by atoms with Gasteiger partial charge in [0, 0.05) is 25.4 Å². The number of nitrogens with one attached hydrogen (secondary N) is 2. The highest BCUT2D eigenvalue weighted by atomic mass is 19.1. The molecule has 1 saturated heterocycles. The van der Waals surface area contributed by atoms with E-state index in [1.54, 1.807) is 6.20 Å². The van der Waals surface area contributed by atoms with E-state index in [9.17, 15) is 8.78 Å². The van der Waals surface area contributed by atoms with Gasteiger partial charge in [0.25, 0.3) is 0 Å². The standard InChI is InChI=1S/C17H16F2N4O2/c18-11-2-1-3-12(19)15(11)17-22-10(9-25-17)8-20-13-5-7-24-16(13)14-4-6-21-23-14/h1-4,6,9,13,16,20H,5,7-8H2,(H,21,23)/t13-,16-/m0/s1. The minimum Gasteiger partial charge on any atom is -0.444 e. The number of hydrogen-bond donors (Lipinski definition) is 2. The molecule has 3 aromatic rings. The van der Waals surface area contributed by atoms with Gasteiger partial charge in [0.1, 0.15) is 29.6 Å². The number of oxazole rings is 1. The van der Waals surface area contributed by atoms with Crippen LogP contribution in [0.2, 0.25) is 0 Å². The topological polar surface area (TPSA) is 76.0 Å². The van der Waals surface area contributed by atoms with Crippen LogP contribution < -0.4 is 5.32 Å². The van der Waals surface area contributed by atoms with Gasteiger partial charge in [-0.3, -0.25) is 5.10 Å². The lowest BCUT2D eigenvalue weighted by Crippen LogP contribution is -2.31. The SMILES string of the molecule is Fc1cccc(F)c1-c1nc(CN[C@H]2CCO[C@@H]2c2ccn[nH]2)co1. The highest BCUT2D eigenvalue weighted by Gasteiger charge is 2.30. The van der Waals surface area contributed by atoms with Gasteiger partial charge in [0.15, 0.2) is 0 Å². The lowest BCUT2D eigenvalue weighted by Gasteiger charge is -2.17. The molecule has 2 N–H and O–H groups in total. The van der Waals surface area contributed by atoms with E-state index in [0.29, 0.717) is 18.8 Å². The van der Waals surface area contributed by atoms with Crippen LogP contribution in [0.5, 0.6) is 0 Å². The molecular formula is C17H16F2N4O2. The zero-order valence-electron chi connectivity index (χ0n) is 13.2. The molecule has 6 nitrogen and oxygen atoms in total. The minimum atomic E-state index is -0.704. The first kappa shape index (κ1) is 15.9.